The maximum Gasteiger partial charge on any atom is 0.254 e. The van der Waals surface area contributed by atoms with Crippen molar-refractivity contribution in [2.24, 2.45) is 0 Å². The first-order valence-electron chi connectivity index (χ1n) is 10.6. The van der Waals surface area contributed by atoms with E-state index in [0.29, 0.717) is 61.3 Å². The van der Waals surface area contributed by atoms with Crippen molar-refractivity contribution in [3.05, 3.63) is 58.6 Å². The zero-order valence-electron chi connectivity index (χ0n) is 18.0. The second-order valence-electron chi connectivity index (χ2n) is 8.13. The Hall–Kier alpha value is -2.29. The molecule has 0 radical (unpaired) electrons. The first kappa shape index (κ1) is 22.9. The molecule has 4 rings (SSSR count). The highest BCUT2D eigenvalue weighted by Crippen LogP contribution is 2.30. The van der Waals surface area contributed by atoms with E-state index in [9.17, 15) is 13.2 Å². The van der Waals surface area contributed by atoms with Crippen molar-refractivity contribution in [2.75, 3.05) is 44.8 Å². The predicted octanol–water partition coefficient (Wildman–Crippen LogP) is 2.87. The van der Waals surface area contributed by atoms with Crippen LogP contribution in [-0.2, 0) is 16.4 Å². The van der Waals surface area contributed by atoms with Gasteiger partial charge in [-0.25, -0.2) is 8.42 Å². The van der Waals surface area contributed by atoms with Gasteiger partial charge in [0.2, 0.25) is 0 Å². The molecule has 2 aromatic carbocycles. The van der Waals surface area contributed by atoms with Gasteiger partial charge in [0.05, 0.1) is 18.6 Å². The van der Waals surface area contributed by atoms with Crippen LogP contribution < -0.4 is 9.47 Å². The number of carbonyl (C=O) groups is 1. The predicted molar refractivity (Wildman–Crippen MR) is 123 cm³/mol. The first-order chi connectivity index (χ1) is 15.4. The quantitative estimate of drug-likeness (QED) is 0.635. The van der Waals surface area contributed by atoms with E-state index in [1.54, 1.807) is 30.2 Å². The van der Waals surface area contributed by atoms with Gasteiger partial charge in [-0.3, -0.25) is 9.69 Å². The van der Waals surface area contributed by atoms with E-state index in [4.69, 9.17) is 21.1 Å². The second-order valence-corrected chi connectivity index (χ2v) is 10.8. The van der Waals surface area contributed by atoms with Crippen molar-refractivity contribution in [1.29, 1.82) is 0 Å². The average Bonchev–Trinajstić information content (AvgIpc) is 3.17. The van der Waals surface area contributed by atoms with Crippen LogP contribution in [0.5, 0.6) is 11.5 Å². The molecule has 9 heteroatoms. The lowest BCUT2D eigenvalue weighted by molar-refractivity contribution is 0.0587. The fourth-order valence-electron chi connectivity index (χ4n) is 4.23. The minimum atomic E-state index is -2.91. The molecule has 0 aliphatic carbocycles. The van der Waals surface area contributed by atoms with Gasteiger partial charge < -0.3 is 14.4 Å². The summed E-state index contributed by atoms with van der Waals surface area (Å²) in [5.74, 6) is 1.45. The van der Waals surface area contributed by atoms with E-state index in [0.717, 1.165) is 5.56 Å². The number of benzene rings is 2. The van der Waals surface area contributed by atoms with Crippen molar-refractivity contribution in [1.82, 2.24) is 9.80 Å². The molecule has 172 valence electrons. The lowest BCUT2D eigenvalue weighted by Crippen LogP contribution is -2.52. The largest absolute Gasteiger partial charge is 0.493 e. The Morgan fingerprint density at radius 2 is 1.84 bits per heavy atom. The third-order valence-electron chi connectivity index (χ3n) is 6.08. The topological polar surface area (TPSA) is 76.2 Å². The number of piperazine rings is 1. The Kier molecular flexibility index (Phi) is 6.93. The van der Waals surface area contributed by atoms with Crippen LogP contribution in [0.1, 0.15) is 22.3 Å². The standard InChI is InChI=1S/C23H27ClN2O5S/c1-30-22-14-17(6-7-21(22)31-15-18-4-2-3-5-20(18)24)23(27)26-11-9-25(10-12-26)19-8-13-32(28,29)16-19/h2-7,14,19H,8-13,15-16H2,1H3. The number of sulfone groups is 1. The van der Waals surface area contributed by atoms with Crippen LogP contribution in [0.15, 0.2) is 42.5 Å². The number of halogens is 1. The lowest BCUT2D eigenvalue weighted by Gasteiger charge is -2.37. The van der Waals surface area contributed by atoms with E-state index < -0.39 is 9.84 Å². The van der Waals surface area contributed by atoms with Crippen LogP contribution in [0.25, 0.3) is 0 Å². The van der Waals surface area contributed by atoms with Crippen molar-refractivity contribution in [2.45, 2.75) is 19.1 Å². The van der Waals surface area contributed by atoms with Gasteiger partial charge in [0, 0.05) is 48.4 Å². The monoisotopic (exact) mass is 478 g/mol. The summed E-state index contributed by atoms with van der Waals surface area (Å²) < 4.78 is 34.8. The molecule has 7 nitrogen and oxygen atoms in total. The van der Waals surface area contributed by atoms with Crippen LogP contribution in [0.3, 0.4) is 0 Å². The lowest BCUT2D eigenvalue weighted by atomic mass is 10.1. The Bertz CT molecular complexity index is 1080. The molecule has 1 atom stereocenters. The number of nitrogens with zero attached hydrogens (tertiary/aromatic N) is 2. The van der Waals surface area contributed by atoms with Gasteiger partial charge in [-0.1, -0.05) is 29.8 Å². The molecular weight excluding hydrogens is 452 g/mol. The van der Waals surface area contributed by atoms with Gasteiger partial charge in [0.15, 0.2) is 21.3 Å². The molecule has 2 heterocycles. The van der Waals surface area contributed by atoms with E-state index in [-0.39, 0.29) is 23.5 Å². The highest BCUT2D eigenvalue weighted by atomic mass is 35.5. The number of hydrogen-bond donors (Lipinski definition) is 0. The fourth-order valence-corrected chi connectivity index (χ4v) is 6.18. The summed E-state index contributed by atoms with van der Waals surface area (Å²) in [6.07, 6.45) is 0.684. The Morgan fingerprint density at radius 3 is 2.50 bits per heavy atom. The van der Waals surface area contributed by atoms with E-state index >= 15 is 0 Å². The highest BCUT2D eigenvalue weighted by molar-refractivity contribution is 7.91. The molecule has 2 aliphatic heterocycles. The average molecular weight is 479 g/mol. The number of rotatable bonds is 6. The molecule has 0 spiro atoms. The smallest absolute Gasteiger partial charge is 0.254 e. The fraction of sp³-hybridized carbons (Fsp3) is 0.435. The third-order valence-corrected chi connectivity index (χ3v) is 8.20. The van der Waals surface area contributed by atoms with E-state index in [2.05, 4.69) is 4.90 Å². The summed E-state index contributed by atoms with van der Waals surface area (Å²) in [5, 5.41) is 0.632. The zero-order chi connectivity index (χ0) is 22.7. The van der Waals surface area contributed by atoms with Crippen LogP contribution in [0.4, 0.5) is 0 Å². The number of carbonyl (C=O) groups excluding carboxylic acids is 1. The molecule has 1 unspecified atom stereocenters. The Labute approximate surface area is 193 Å². The molecule has 2 saturated heterocycles. The molecule has 2 aromatic rings. The molecule has 0 aromatic heterocycles. The van der Waals surface area contributed by atoms with Gasteiger partial charge in [-0.05, 0) is 30.7 Å². The minimum Gasteiger partial charge on any atom is -0.493 e. The van der Waals surface area contributed by atoms with E-state index in [1.165, 1.54) is 0 Å². The summed E-state index contributed by atoms with van der Waals surface area (Å²) in [4.78, 5) is 17.0. The van der Waals surface area contributed by atoms with Gasteiger partial charge in [0.25, 0.3) is 5.91 Å². The van der Waals surface area contributed by atoms with Crippen LogP contribution in [-0.4, -0.2) is 75.0 Å². The van der Waals surface area contributed by atoms with Gasteiger partial charge in [-0.2, -0.15) is 0 Å². The van der Waals surface area contributed by atoms with Crippen molar-refractivity contribution in [3.8, 4) is 11.5 Å². The van der Waals surface area contributed by atoms with Crippen LogP contribution in [0, 0.1) is 0 Å². The molecular formula is C23H27ClN2O5S. The van der Waals surface area contributed by atoms with Crippen molar-refractivity contribution < 1.29 is 22.7 Å². The Morgan fingerprint density at radius 1 is 1.09 bits per heavy atom. The summed E-state index contributed by atoms with van der Waals surface area (Å²) >= 11 is 6.19. The molecule has 1 amide bonds. The number of amides is 1. The first-order valence-corrected chi connectivity index (χ1v) is 12.8. The summed E-state index contributed by atoms with van der Waals surface area (Å²) in [6.45, 7) is 2.80. The molecule has 0 bridgehead atoms. The number of ether oxygens (including phenoxy) is 2. The van der Waals surface area contributed by atoms with Crippen LogP contribution in [0.2, 0.25) is 5.02 Å². The van der Waals surface area contributed by atoms with Crippen molar-refractivity contribution >= 4 is 27.3 Å². The van der Waals surface area contributed by atoms with Gasteiger partial charge >= 0.3 is 0 Å². The second kappa shape index (κ2) is 9.68. The SMILES string of the molecule is COc1cc(C(=O)N2CCN(C3CCS(=O)(=O)C3)CC2)ccc1OCc1ccccc1Cl. The molecule has 0 saturated carbocycles. The minimum absolute atomic E-state index is 0.0698. The van der Waals surface area contributed by atoms with E-state index in [1.807, 2.05) is 24.3 Å². The maximum atomic E-state index is 13.0. The van der Waals surface area contributed by atoms with Crippen LogP contribution >= 0.6 is 11.6 Å². The summed E-state index contributed by atoms with van der Waals surface area (Å²) in [6, 6.07) is 12.7. The Balaban J connectivity index is 1.37. The maximum absolute atomic E-state index is 13.0. The number of methoxy groups -OCH3 is 1. The van der Waals surface area contributed by atoms with Gasteiger partial charge in [0.1, 0.15) is 6.61 Å². The molecule has 32 heavy (non-hydrogen) atoms. The third kappa shape index (κ3) is 5.19. The van der Waals surface area contributed by atoms with Gasteiger partial charge in [-0.15, -0.1) is 0 Å². The summed E-state index contributed by atoms with van der Waals surface area (Å²) in [5.41, 5.74) is 1.40. The highest BCUT2D eigenvalue weighted by Gasteiger charge is 2.34. The zero-order valence-corrected chi connectivity index (χ0v) is 19.6. The number of hydrogen-bond acceptors (Lipinski definition) is 6. The normalized spacial score (nSPS) is 20.8. The molecule has 2 aliphatic rings. The van der Waals surface area contributed by atoms with Crippen molar-refractivity contribution in [3.63, 3.8) is 0 Å². The molecule has 0 N–H and O–H groups in total. The molecule has 2 fully saturated rings. The summed E-state index contributed by atoms with van der Waals surface area (Å²) in [7, 11) is -1.37.